The molecule has 1 fully saturated rings. The highest BCUT2D eigenvalue weighted by Crippen LogP contribution is 2.49. The number of hydrogen-bond acceptors (Lipinski definition) is 7. The molecule has 1 unspecified atom stereocenters. The van der Waals surface area contributed by atoms with Crippen LogP contribution in [0, 0.1) is 0 Å². The smallest absolute Gasteiger partial charge is 0.299 e. The van der Waals surface area contributed by atoms with Gasteiger partial charge in [0.25, 0.3) is 5.56 Å². The molecule has 0 bridgehead atoms. The van der Waals surface area contributed by atoms with Gasteiger partial charge in [-0.2, -0.15) is 23.8 Å². The topological polar surface area (TPSA) is 114 Å². The SMILES string of the molecule is O=c1c2cc(-c3ccc(C(F)(F)F)nc3)nc(-c3cccnc3)c2ncn1C1CCS(O)(O)C1. The van der Waals surface area contributed by atoms with Crippen LogP contribution in [0.25, 0.3) is 33.4 Å². The van der Waals surface area contributed by atoms with Crippen LogP contribution in [-0.2, 0) is 6.18 Å². The molecule has 12 heteroatoms. The molecule has 5 rings (SSSR count). The summed E-state index contributed by atoms with van der Waals surface area (Å²) in [5.41, 5.74) is 0.344. The Morgan fingerprint density at radius 3 is 2.53 bits per heavy atom. The van der Waals surface area contributed by atoms with Crippen LogP contribution in [0.2, 0.25) is 0 Å². The Balaban J connectivity index is 1.70. The number of alkyl halides is 3. The van der Waals surface area contributed by atoms with Crippen molar-refractivity contribution in [1.82, 2.24) is 24.5 Å². The molecule has 0 spiro atoms. The summed E-state index contributed by atoms with van der Waals surface area (Å²) < 4.78 is 60.2. The summed E-state index contributed by atoms with van der Waals surface area (Å²) in [6.07, 6.45) is 1.41. The summed E-state index contributed by atoms with van der Waals surface area (Å²) in [6, 6.07) is 6.59. The Morgan fingerprint density at radius 1 is 1.09 bits per heavy atom. The number of rotatable bonds is 3. The van der Waals surface area contributed by atoms with E-state index in [4.69, 9.17) is 0 Å². The van der Waals surface area contributed by atoms with Crippen LogP contribution >= 0.6 is 10.6 Å². The number of nitrogens with zero attached hydrogens (tertiary/aromatic N) is 5. The molecule has 0 aromatic carbocycles. The standard InChI is InChI=1S/C22H18F3N5O3S/c23-22(24,25)18-4-3-13(10-27-18)17-8-16-20(19(29-17)14-2-1-6-26-9-14)28-12-30(21(16)31)15-5-7-34(32,33)11-15/h1-4,6,8-10,12,15,32-33H,5,7,11H2. The Hall–Kier alpha value is -3.35. The zero-order chi connectivity index (χ0) is 24.1. The molecular formula is C22H18F3N5O3S. The Morgan fingerprint density at radius 2 is 1.91 bits per heavy atom. The second kappa shape index (κ2) is 8.15. The molecule has 5 heterocycles. The number of hydrogen-bond donors (Lipinski definition) is 2. The van der Waals surface area contributed by atoms with Gasteiger partial charge >= 0.3 is 6.18 Å². The fourth-order valence-corrected chi connectivity index (χ4v) is 5.75. The zero-order valence-electron chi connectivity index (χ0n) is 17.5. The van der Waals surface area contributed by atoms with Gasteiger partial charge in [-0.15, -0.1) is 0 Å². The van der Waals surface area contributed by atoms with E-state index in [9.17, 15) is 27.1 Å². The van der Waals surface area contributed by atoms with Crippen molar-refractivity contribution >= 4 is 21.5 Å². The maximum absolute atomic E-state index is 13.4. The minimum Gasteiger partial charge on any atom is -0.299 e. The lowest BCUT2D eigenvalue weighted by Gasteiger charge is -2.26. The second-order valence-electron chi connectivity index (χ2n) is 8.00. The molecular weight excluding hydrogens is 471 g/mol. The molecule has 176 valence electrons. The third kappa shape index (κ3) is 4.15. The molecule has 8 nitrogen and oxygen atoms in total. The molecule has 0 aliphatic carbocycles. The van der Waals surface area contributed by atoms with Gasteiger partial charge in [0.15, 0.2) is 0 Å². The number of pyridine rings is 3. The summed E-state index contributed by atoms with van der Waals surface area (Å²) in [5.74, 6) is 0.276. The molecule has 1 aliphatic heterocycles. The third-order valence-electron chi connectivity index (χ3n) is 5.68. The van der Waals surface area contributed by atoms with Gasteiger partial charge in [0, 0.05) is 35.5 Å². The molecule has 34 heavy (non-hydrogen) atoms. The first kappa shape index (κ1) is 22.4. The molecule has 1 saturated heterocycles. The van der Waals surface area contributed by atoms with E-state index < -0.39 is 34.1 Å². The summed E-state index contributed by atoms with van der Waals surface area (Å²) in [7, 11) is -2.74. The van der Waals surface area contributed by atoms with Crippen molar-refractivity contribution in [3.8, 4) is 22.5 Å². The van der Waals surface area contributed by atoms with E-state index in [-0.39, 0.29) is 22.6 Å². The van der Waals surface area contributed by atoms with Crippen LogP contribution in [-0.4, -0.2) is 45.1 Å². The van der Waals surface area contributed by atoms with Crippen LogP contribution in [0.5, 0.6) is 0 Å². The first-order valence-corrected chi connectivity index (χ1v) is 12.1. The van der Waals surface area contributed by atoms with Gasteiger partial charge in [-0.3, -0.25) is 28.4 Å². The van der Waals surface area contributed by atoms with Crippen molar-refractivity contribution in [1.29, 1.82) is 0 Å². The predicted molar refractivity (Wildman–Crippen MR) is 121 cm³/mol. The Bertz CT molecular complexity index is 1430. The van der Waals surface area contributed by atoms with Crippen molar-refractivity contribution in [3.63, 3.8) is 0 Å². The normalized spacial score (nSPS) is 18.8. The molecule has 0 amide bonds. The van der Waals surface area contributed by atoms with Gasteiger partial charge in [-0.1, -0.05) is 0 Å². The maximum atomic E-state index is 13.4. The first-order chi connectivity index (χ1) is 16.1. The van der Waals surface area contributed by atoms with Crippen LogP contribution in [0.15, 0.2) is 60.0 Å². The lowest BCUT2D eigenvalue weighted by Crippen LogP contribution is -2.26. The van der Waals surface area contributed by atoms with Crippen molar-refractivity contribution in [2.75, 3.05) is 11.5 Å². The fourth-order valence-electron chi connectivity index (χ4n) is 3.99. The van der Waals surface area contributed by atoms with E-state index in [2.05, 4.69) is 19.9 Å². The Kier molecular flexibility index (Phi) is 5.38. The monoisotopic (exact) mass is 489 g/mol. The summed E-state index contributed by atoms with van der Waals surface area (Å²) in [6.45, 7) is 0. The Labute approximate surface area is 192 Å². The predicted octanol–water partition coefficient (Wildman–Crippen LogP) is 4.63. The van der Waals surface area contributed by atoms with Crippen LogP contribution in [0.4, 0.5) is 13.2 Å². The van der Waals surface area contributed by atoms with Gasteiger partial charge < -0.3 is 0 Å². The molecule has 1 aliphatic rings. The highest BCUT2D eigenvalue weighted by Gasteiger charge is 2.32. The van der Waals surface area contributed by atoms with E-state index in [0.717, 1.165) is 12.3 Å². The molecule has 4 aromatic rings. The van der Waals surface area contributed by atoms with Gasteiger partial charge in [-0.05, 0) is 36.8 Å². The van der Waals surface area contributed by atoms with Crippen molar-refractivity contribution in [3.05, 3.63) is 71.3 Å². The van der Waals surface area contributed by atoms with Crippen molar-refractivity contribution < 1.29 is 22.3 Å². The van der Waals surface area contributed by atoms with Crippen molar-refractivity contribution in [2.24, 2.45) is 0 Å². The van der Waals surface area contributed by atoms with E-state index in [1.165, 1.54) is 23.0 Å². The second-order valence-corrected chi connectivity index (χ2v) is 10.3. The van der Waals surface area contributed by atoms with Gasteiger partial charge in [0.2, 0.25) is 0 Å². The number of aromatic nitrogens is 5. The minimum atomic E-state index is -4.58. The lowest BCUT2D eigenvalue weighted by molar-refractivity contribution is -0.141. The first-order valence-electron chi connectivity index (χ1n) is 10.2. The van der Waals surface area contributed by atoms with Crippen LogP contribution in [0.1, 0.15) is 18.2 Å². The average Bonchev–Trinajstić information content (AvgIpc) is 3.18. The molecule has 1 atom stereocenters. The zero-order valence-corrected chi connectivity index (χ0v) is 18.3. The molecule has 0 radical (unpaired) electrons. The van der Waals surface area contributed by atoms with Crippen LogP contribution < -0.4 is 5.56 Å². The summed E-state index contributed by atoms with van der Waals surface area (Å²) >= 11 is 0. The highest BCUT2D eigenvalue weighted by molar-refractivity contribution is 8.24. The quantitative estimate of drug-likeness (QED) is 0.431. The molecule has 2 N–H and O–H groups in total. The highest BCUT2D eigenvalue weighted by atomic mass is 32.3. The fraction of sp³-hybridized carbons (Fsp3) is 0.227. The molecule has 0 saturated carbocycles. The number of fused-ring (bicyclic) bond motifs is 1. The lowest BCUT2D eigenvalue weighted by atomic mass is 10.1. The van der Waals surface area contributed by atoms with E-state index in [1.54, 1.807) is 24.5 Å². The van der Waals surface area contributed by atoms with Gasteiger partial charge in [-0.25, -0.2) is 9.97 Å². The number of halogens is 3. The maximum Gasteiger partial charge on any atom is 0.433 e. The minimum absolute atomic E-state index is 0.0658. The molecule has 4 aromatic heterocycles. The van der Waals surface area contributed by atoms with E-state index in [1.807, 2.05) is 0 Å². The van der Waals surface area contributed by atoms with Gasteiger partial charge in [0.05, 0.1) is 34.9 Å². The average molecular weight is 489 g/mol. The summed E-state index contributed by atoms with van der Waals surface area (Å²) in [5, 5.41) is 0.203. The third-order valence-corrected chi connectivity index (χ3v) is 7.49. The van der Waals surface area contributed by atoms with Crippen molar-refractivity contribution in [2.45, 2.75) is 18.6 Å². The van der Waals surface area contributed by atoms with E-state index in [0.29, 0.717) is 28.8 Å². The summed E-state index contributed by atoms with van der Waals surface area (Å²) in [4.78, 5) is 30.0. The largest absolute Gasteiger partial charge is 0.433 e. The van der Waals surface area contributed by atoms with E-state index >= 15 is 0 Å². The van der Waals surface area contributed by atoms with Crippen LogP contribution in [0.3, 0.4) is 0 Å². The van der Waals surface area contributed by atoms with Gasteiger partial charge in [0.1, 0.15) is 11.2 Å².